The van der Waals surface area contributed by atoms with E-state index >= 15 is 0 Å². The van der Waals surface area contributed by atoms with Crippen molar-refractivity contribution in [2.24, 2.45) is 0 Å². The SMILES string of the molecule is CNCc1cccc(CC(=O)Nc2nnc(CCCCc3nnc(CC(=O)Cc4ccccc4)s3)s2)c1. The molecule has 0 spiro atoms. The molecule has 2 N–H and O–H groups in total. The van der Waals surface area contributed by atoms with Crippen LogP contribution < -0.4 is 10.6 Å². The van der Waals surface area contributed by atoms with E-state index in [0.29, 0.717) is 24.4 Å². The number of aryl methyl sites for hydroxylation is 2. The zero-order valence-corrected chi connectivity index (χ0v) is 22.4. The predicted molar refractivity (Wildman–Crippen MR) is 147 cm³/mol. The molecule has 0 atom stereocenters. The second kappa shape index (κ2) is 13.8. The van der Waals surface area contributed by atoms with Gasteiger partial charge in [0.25, 0.3) is 0 Å². The largest absolute Gasteiger partial charge is 0.316 e. The van der Waals surface area contributed by atoms with Crippen LogP contribution in [0.5, 0.6) is 0 Å². The number of anilines is 1. The maximum absolute atomic E-state index is 12.4. The van der Waals surface area contributed by atoms with E-state index in [9.17, 15) is 9.59 Å². The summed E-state index contributed by atoms with van der Waals surface area (Å²) in [6.07, 6.45) is 4.53. The van der Waals surface area contributed by atoms with E-state index in [1.54, 1.807) is 0 Å². The fourth-order valence-corrected chi connectivity index (χ4v) is 5.59. The fourth-order valence-electron chi connectivity index (χ4n) is 3.88. The van der Waals surface area contributed by atoms with E-state index in [-0.39, 0.29) is 11.7 Å². The van der Waals surface area contributed by atoms with Crippen molar-refractivity contribution >= 4 is 39.5 Å². The molecule has 2 heterocycles. The third kappa shape index (κ3) is 8.92. The van der Waals surface area contributed by atoms with Gasteiger partial charge in [0.15, 0.2) is 0 Å². The third-order valence-electron chi connectivity index (χ3n) is 5.58. The molecule has 10 heteroatoms. The highest BCUT2D eigenvalue weighted by Crippen LogP contribution is 2.19. The maximum atomic E-state index is 12.4. The summed E-state index contributed by atoms with van der Waals surface area (Å²) in [6.45, 7) is 0.768. The van der Waals surface area contributed by atoms with Crippen molar-refractivity contribution in [3.63, 3.8) is 0 Å². The number of hydrogen-bond acceptors (Lipinski definition) is 9. The summed E-state index contributed by atoms with van der Waals surface area (Å²) < 4.78 is 0. The highest BCUT2D eigenvalue weighted by Gasteiger charge is 2.12. The number of benzene rings is 2. The Morgan fingerprint density at radius 2 is 1.41 bits per heavy atom. The monoisotopic (exact) mass is 534 g/mol. The Kier molecular flexibility index (Phi) is 9.98. The molecule has 2 aromatic carbocycles. The van der Waals surface area contributed by atoms with Gasteiger partial charge in [0.2, 0.25) is 11.0 Å². The summed E-state index contributed by atoms with van der Waals surface area (Å²) in [5.41, 5.74) is 3.13. The fraction of sp³-hybridized carbons (Fsp3) is 0.333. The summed E-state index contributed by atoms with van der Waals surface area (Å²) >= 11 is 2.93. The molecule has 8 nitrogen and oxygen atoms in total. The zero-order valence-electron chi connectivity index (χ0n) is 20.8. The van der Waals surface area contributed by atoms with Crippen molar-refractivity contribution in [2.75, 3.05) is 12.4 Å². The molecule has 0 saturated heterocycles. The number of hydrogen-bond donors (Lipinski definition) is 2. The van der Waals surface area contributed by atoms with E-state index in [1.165, 1.54) is 22.7 Å². The van der Waals surface area contributed by atoms with Gasteiger partial charge in [-0.15, -0.1) is 31.7 Å². The molecule has 192 valence electrons. The summed E-state index contributed by atoms with van der Waals surface area (Å²) in [5.74, 6) is 0.0500. The van der Waals surface area contributed by atoms with Crippen LogP contribution in [-0.2, 0) is 48.2 Å². The normalized spacial score (nSPS) is 10.9. The smallest absolute Gasteiger partial charge is 0.230 e. The van der Waals surface area contributed by atoms with Crippen molar-refractivity contribution < 1.29 is 9.59 Å². The number of Topliss-reactive ketones (excluding diaryl/α,β-unsaturated/α-hetero) is 1. The van der Waals surface area contributed by atoms with Crippen LogP contribution in [0.4, 0.5) is 5.13 Å². The number of rotatable bonds is 14. The van der Waals surface area contributed by atoms with Gasteiger partial charge in [0.1, 0.15) is 20.8 Å². The van der Waals surface area contributed by atoms with Gasteiger partial charge in [-0.1, -0.05) is 65.9 Å². The minimum absolute atomic E-state index is 0.0985. The molecule has 0 aliphatic rings. The number of unbranched alkanes of at least 4 members (excludes halogenated alkanes) is 1. The van der Waals surface area contributed by atoms with Crippen molar-refractivity contribution in [1.82, 2.24) is 25.7 Å². The van der Waals surface area contributed by atoms with Crippen LogP contribution in [-0.4, -0.2) is 39.1 Å². The lowest BCUT2D eigenvalue weighted by molar-refractivity contribution is -0.118. The molecule has 1 amide bonds. The number of nitrogens with zero attached hydrogens (tertiary/aromatic N) is 4. The van der Waals surface area contributed by atoms with Gasteiger partial charge in [-0.05, 0) is 36.6 Å². The molecule has 0 bridgehead atoms. The molecule has 4 rings (SSSR count). The molecule has 0 aliphatic carbocycles. The van der Waals surface area contributed by atoms with Crippen molar-refractivity contribution in [2.45, 2.75) is 51.5 Å². The number of carbonyl (C=O) groups excluding carboxylic acids is 2. The van der Waals surface area contributed by atoms with E-state index in [2.05, 4.69) is 31.0 Å². The highest BCUT2D eigenvalue weighted by molar-refractivity contribution is 7.15. The van der Waals surface area contributed by atoms with Gasteiger partial charge in [-0.3, -0.25) is 9.59 Å². The zero-order chi connectivity index (χ0) is 25.9. The Hall–Kier alpha value is -3.34. The first-order valence-corrected chi connectivity index (χ1v) is 13.9. The van der Waals surface area contributed by atoms with Gasteiger partial charge < -0.3 is 10.6 Å². The molecule has 4 aromatic rings. The van der Waals surface area contributed by atoms with Crippen molar-refractivity contribution in [3.05, 3.63) is 86.3 Å². The molecule has 0 radical (unpaired) electrons. The molecule has 0 unspecified atom stereocenters. The van der Waals surface area contributed by atoms with Crippen LogP contribution in [0.25, 0.3) is 0 Å². The topological polar surface area (TPSA) is 110 Å². The van der Waals surface area contributed by atoms with Crippen LogP contribution in [0.1, 0.15) is 44.6 Å². The Balaban J connectivity index is 1.15. The van der Waals surface area contributed by atoms with Crippen LogP contribution in [0.15, 0.2) is 54.6 Å². The van der Waals surface area contributed by atoms with Crippen molar-refractivity contribution in [1.29, 1.82) is 0 Å². The van der Waals surface area contributed by atoms with E-state index in [0.717, 1.165) is 63.9 Å². The van der Waals surface area contributed by atoms with Crippen LogP contribution >= 0.6 is 22.7 Å². The van der Waals surface area contributed by atoms with Crippen molar-refractivity contribution in [3.8, 4) is 0 Å². The lowest BCUT2D eigenvalue weighted by atomic mass is 10.1. The summed E-state index contributed by atoms with van der Waals surface area (Å²) in [4.78, 5) is 24.7. The Bertz CT molecular complexity index is 1300. The summed E-state index contributed by atoms with van der Waals surface area (Å²) in [7, 11) is 1.90. The van der Waals surface area contributed by atoms with Gasteiger partial charge >= 0.3 is 0 Å². The Morgan fingerprint density at radius 3 is 2.19 bits per heavy atom. The average Bonchev–Trinajstić information content (AvgIpc) is 3.52. The van der Waals surface area contributed by atoms with E-state index in [1.807, 2.05) is 61.6 Å². The first-order chi connectivity index (χ1) is 18.1. The maximum Gasteiger partial charge on any atom is 0.230 e. The van der Waals surface area contributed by atoms with Gasteiger partial charge in [-0.25, -0.2) is 0 Å². The molecular formula is C27H30N6O2S2. The Morgan fingerprint density at radius 1 is 0.730 bits per heavy atom. The second-order valence-electron chi connectivity index (χ2n) is 8.75. The number of aromatic nitrogens is 4. The van der Waals surface area contributed by atoms with Gasteiger partial charge in [0, 0.05) is 25.8 Å². The Labute approximate surface area is 224 Å². The lowest BCUT2D eigenvalue weighted by Gasteiger charge is -2.05. The molecule has 2 aromatic heterocycles. The molecule has 0 saturated carbocycles. The van der Waals surface area contributed by atoms with E-state index < -0.39 is 0 Å². The first-order valence-electron chi connectivity index (χ1n) is 12.3. The van der Waals surface area contributed by atoms with Crippen LogP contribution in [0.2, 0.25) is 0 Å². The molecule has 0 aliphatic heterocycles. The minimum Gasteiger partial charge on any atom is -0.316 e. The standard InChI is InChI=1S/C27H30N6O2S2/c1-28-18-21-11-7-10-20(14-21)16-23(35)29-27-33-31-25(37-27)13-6-5-12-24-30-32-26(36-24)17-22(34)15-19-8-3-2-4-9-19/h2-4,7-11,14,28H,5-6,12-13,15-18H2,1H3,(H,29,33,35). The summed E-state index contributed by atoms with van der Waals surface area (Å²) in [6, 6.07) is 17.7. The lowest BCUT2D eigenvalue weighted by Crippen LogP contribution is -2.14. The predicted octanol–water partition coefficient (Wildman–Crippen LogP) is 4.21. The first kappa shape index (κ1) is 26.7. The molecule has 37 heavy (non-hydrogen) atoms. The average molecular weight is 535 g/mol. The van der Waals surface area contributed by atoms with Crippen LogP contribution in [0.3, 0.4) is 0 Å². The second-order valence-corrected chi connectivity index (χ2v) is 11.0. The minimum atomic E-state index is -0.0985. The number of nitrogens with one attached hydrogen (secondary N) is 2. The summed E-state index contributed by atoms with van der Waals surface area (Å²) in [5, 5.41) is 25.9. The third-order valence-corrected chi connectivity index (χ3v) is 7.46. The van der Waals surface area contributed by atoms with Gasteiger partial charge in [0.05, 0.1) is 12.8 Å². The highest BCUT2D eigenvalue weighted by atomic mass is 32.1. The van der Waals surface area contributed by atoms with Crippen LogP contribution in [0, 0.1) is 0 Å². The number of carbonyl (C=O) groups is 2. The molecule has 0 fully saturated rings. The number of amides is 1. The molecular weight excluding hydrogens is 504 g/mol. The van der Waals surface area contributed by atoms with Gasteiger partial charge in [-0.2, -0.15) is 0 Å². The quantitative estimate of drug-likeness (QED) is 0.233. The van der Waals surface area contributed by atoms with E-state index in [4.69, 9.17) is 0 Å². The number of ketones is 1.